The highest BCUT2D eigenvalue weighted by Crippen LogP contribution is 2.29. The van der Waals surface area contributed by atoms with E-state index in [0.717, 1.165) is 25.3 Å². The molecule has 3 rings (SSSR count). The van der Waals surface area contributed by atoms with Gasteiger partial charge < -0.3 is 9.47 Å². The molecule has 0 aliphatic carbocycles. The summed E-state index contributed by atoms with van der Waals surface area (Å²) in [6.45, 7) is 3.99. The second-order valence-electron chi connectivity index (χ2n) is 8.86. The lowest BCUT2D eigenvalue weighted by molar-refractivity contribution is -0.147. The van der Waals surface area contributed by atoms with Gasteiger partial charge in [0.1, 0.15) is 24.3 Å². The highest BCUT2D eigenvalue weighted by molar-refractivity contribution is 5.81. The van der Waals surface area contributed by atoms with Crippen molar-refractivity contribution in [2.45, 2.75) is 64.5 Å². The van der Waals surface area contributed by atoms with Crippen molar-refractivity contribution in [3.05, 3.63) is 60.9 Å². The number of unbranched alkanes of at least 4 members (excludes halogenated alkanes) is 2. The van der Waals surface area contributed by atoms with Crippen LogP contribution >= 0.6 is 0 Å². The fourth-order valence-corrected chi connectivity index (χ4v) is 3.43. The SMILES string of the molecule is CCCCCC(C)(F)C(=O)Oc1ccc(-c2cnc(-c3ccccc3OCC(F)C(C)F)nc2)cc1. The normalized spacial score (nSPS) is 14.5. The van der Waals surface area contributed by atoms with Crippen LogP contribution in [0, 0.1) is 0 Å². The molecule has 192 valence electrons. The standard InChI is InChI=1S/C28H31F3N2O3/c1-4-5-8-15-28(3,31)27(34)36-22-13-11-20(12-14-22)21-16-32-26(33-17-21)23-9-6-7-10-25(23)35-18-24(30)19(2)29/h6-7,9-14,16-17,19,24H,4-5,8,15,18H2,1-3H3. The second-order valence-corrected chi connectivity index (χ2v) is 8.86. The van der Waals surface area contributed by atoms with E-state index < -0.39 is 30.6 Å². The molecule has 3 aromatic rings. The van der Waals surface area contributed by atoms with Crippen molar-refractivity contribution in [3.63, 3.8) is 0 Å². The third-order valence-corrected chi connectivity index (χ3v) is 5.75. The highest BCUT2D eigenvalue weighted by Gasteiger charge is 2.34. The third-order valence-electron chi connectivity index (χ3n) is 5.75. The van der Waals surface area contributed by atoms with Crippen molar-refractivity contribution in [1.29, 1.82) is 0 Å². The Morgan fingerprint density at radius 1 is 1.00 bits per heavy atom. The second kappa shape index (κ2) is 12.5. The Morgan fingerprint density at radius 3 is 2.31 bits per heavy atom. The average molecular weight is 501 g/mol. The fraction of sp³-hybridized carbons (Fsp3) is 0.393. The van der Waals surface area contributed by atoms with Crippen molar-refractivity contribution >= 4 is 5.97 Å². The predicted octanol–water partition coefficient (Wildman–Crippen LogP) is 7.10. The first kappa shape index (κ1) is 27.2. The van der Waals surface area contributed by atoms with E-state index in [9.17, 15) is 18.0 Å². The smallest absolute Gasteiger partial charge is 0.348 e. The van der Waals surface area contributed by atoms with Crippen LogP contribution in [0.25, 0.3) is 22.5 Å². The first-order chi connectivity index (χ1) is 17.2. The van der Waals surface area contributed by atoms with Crippen LogP contribution in [0.4, 0.5) is 13.2 Å². The molecule has 0 radical (unpaired) electrons. The zero-order valence-electron chi connectivity index (χ0n) is 20.7. The molecule has 0 saturated heterocycles. The van der Waals surface area contributed by atoms with Gasteiger partial charge in [0.25, 0.3) is 0 Å². The van der Waals surface area contributed by atoms with Crippen LogP contribution in [-0.2, 0) is 4.79 Å². The van der Waals surface area contributed by atoms with Crippen LogP contribution in [-0.4, -0.2) is 40.6 Å². The number of esters is 1. The molecule has 3 atom stereocenters. The first-order valence-electron chi connectivity index (χ1n) is 12.0. The number of hydrogen-bond donors (Lipinski definition) is 0. The van der Waals surface area contributed by atoms with Gasteiger partial charge in [0, 0.05) is 18.0 Å². The van der Waals surface area contributed by atoms with E-state index >= 15 is 0 Å². The summed E-state index contributed by atoms with van der Waals surface area (Å²) in [7, 11) is 0. The van der Waals surface area contributed by atoms with Crippen molar-refractivity contribution in [2.24, 2.45) is 0 Å². The van der Waals surface area contributed by atoms with Gasteiger partial charge in [0.15, 0.2) is 12.0 Å². The topological polar surface area (TPSA) is 61.3 Å². The Hall–Kier alpha value is -3.42. The Bertz CT molecular complexity index is 1120. The van der Waals surface area contributed by atoms with Crippen LogP contribution in [0.1, 0.15) is 46.5 Å². The van der Waals surface area contributed by atoms with Crippen LogP contribution in [0.5, 0.6) is 11.5 Å². The van der Waals surface area contributed by atoms with Gasteiger partial charge >= 0.3 is 5.97 Å². The molecule has 0 saturated carbocycles. The van der Waals surface area contributed by atoms with Gasteiger partial charge in [-0.15, -0.1) is 0 Å². The number of nitrogens with zero attached hydrogens (tertiary/aromatic N) is 2. The minimum atomic E-state index is -2.03. The molecule has 0 bridgehead atoms. The van der Waals surface area contributed by atoms with Gasteiger partial charge in [-0.3, -0.25) is 0 Å². The lowest BCUT2D eigenvalue weighted by atomic mass is 10.0. The number of rotatable bonds is 12. The zero-order valence-corrected chi connectivity index (χ0v) is 20.7. The maximum atomic E-state index is 14.6. The summed E-state index contributed by atoms with van der Waals surface area (Å²) in [6, 6.07) is 13.5. The Morgan fingerprint density at radius 2 is 1.67 bits per heavy atom. The van der Waals surface area contributed by atoms with E-state index in [1.165, 1.54) is 6.92 Å². The summed E-state index contributed by atoms with van der Waals surface area (Å²) in [6.07, 6.45) is 2.42. The zero-order chi connectivity index (χ0) is 26.1. The summed E-state index contributed by atoms with van der Waals surface area (Å²) >= 11 is 0. The molecule has 36 heavy (non-hydrogen) atoms. The predicted molar refractivity (Wildman–Crippen MR) is 133 cm³/mol. The molecule has 3 unspecified atom stereocenters. The molecule has 1 aromatic heterocycles. The summed E-state index contributed by atoms with van der Waals surface area (Å²) in [5.41, 5.74) is -0.000457. The van der Waals surface area contributed by atoms with Crippen LogP contribution in [0.2, 0.25) is 0 Å². The number of ether oxygens (including phenoxy) is 2. The minimum absolute atomic E-state index is 0.124. The average Bonchev–Trinajstić information content (AvgIpc) is 2.88. The molecule has 0 spiro atoms. The molecule has 0 aliphatic rings. The number of para-hydroxylation sites is 1. The lowest BCUT2D eigenvalue weighted by Crippen LogP contribution is -2.34. The third kappa shape index (κ3) is 7.29. The first-order valence-corrected chi connectivity index (χ1v) is 12.0. The number of aromatic nitrogens is 2. The van der Waals surface area contributed by atoms with Crippen molar-refractivity contribution in [1.82, 2.24) is 9.97 Å². The maximum absolute atomic E-state index is 14.6. The Balaban J connectivity index is 1.67. The van der Waals surface area contributed by atoms with Crippen molar-refractivity contribution in [3.8, 4) is 34.0 Å². The number of carbonyl (C=O) groups is 1. The number of carbonyl (C=O) groups excluding carboxylic acids is 1. The molecular weight excluding hydrogens is 469 g/mol. The quantitative estimate of drug-likeness (QED) is 0.151. The Labute approximate surface area is 209 Å². The van der Waals surface area contributed by atoms with Crippen LogP contribution < -0.4 is 9.47 Å². The minimum Gasteiger partial charge on any atom is -0.490 e. The van der Waals surface area contributed by atoms with Gasteiger partial charge in [-0.05, 0) is 56.5 Å². The fourth-order valence-electron chi connectivity index (χ4n) is 3.43. The van der Waals surface area contributed by atoms with Crippen LogP contribution in [0.3, 0.4) is 0 Å². The van der Waals surface area contributed by atoms with E-state index in [-0.39, 0.29) is 12.2 Å². The van der Waals surface area contributed by atoms with E-state index in [1.54, 1.807) is 60.9 Å². The van der Waals surface area contributed by atoms with Crippen LogP contribution in [0.15, 0.2) is 60.9 Å². The van der Waals surface area contributed by atoms with Crippen molar-refractivity contribution in [2.75, 3.05) is 6.61 Å². The molecule has 8 heteroatoms. The van der Waals surface area contributed by atoms with Gasteiger partial charge in [-0.1, -0.05) is 44.0 Å². The summed E-state index contributed by atoms with van der Waals surface area (Å²) in [4.78, 5) is 21.0. The molecule has 5 nitrogen and oxygen atoms in total. The highest BCUT2D eigenvalue weighted by atomic mass is 19.2. The molecular formula is C28H31F3N2O3. The molecule has 0 aliphatic heterocycles. The van der Waals surface area contributed by atoms with Crippen molar-refractivity contribution < 1.29 is 27.4 Å². The monoisotopic (exact) mass is 500 g/mol. The van der Waals surface area contributed by atoms with Gasteiger partial charge in [-0.2, -0.15) is 0 Å². The molecule has 1 heterocycles. The van der Waals surface area contributed by atoms with Gasteiger partial charge in [0.05, 0.1) is 5.56 Å². The molecule has 2 aromatic carbocycles. The maximum Gasteiger partial charge on any atom is 0.348 e. The molecule has 0 amide bonds. The molecule has 0 N–H and O–H groups in total. The van der Waals surface area contributed by atoms with E-state index in [2.05, 4.69) is 9.97 Å². The van der Waals surface area contributed by atoms with Gasteiger partial charge in [-0.25, -0.2) is 27.9 Å². The summed E-state index contributed by atoms with van der Waals surface area (Å²) in [5, 5.41) is 0. The van der Waals surface area contributed by atoms with E-state index in [4.69, 9.17) is 9.47 Å². The number of alkyl halides is 3. The number of halogens is 3. The Kier molecular flexibility index (Phi) is 9.44. The number of benzene rings is 2. The van der Waals surface area contributed by atoms with E-state index in [1.807, 2.05) is 6.92 Å². The van der Waals surface area contributed by atoms with Gasteiger partial charge in [0.2, 0.25) is 5.67 Å². The lowest BCUT2D eigenvalue weighted by Gasteiger charge is -2.18. The largest absolute Gasteiger partial charge is 0.490 e. The summed E-state index contributed by atoms with van der Waals surface area (Å²) in [5.74, 6) is 0.0728. The van der Waals surface area contributed by atoms with E-state index in [0.29, 0.717) is 29.1 Å². The summed E-state index contributed by atoms with van der Waals surface area (Å²) < 4.78 is 52.1. The molecule has 0 fully saturated rings. The number of hydrogen-bond acceptors (Lipinski definition) is 5.